The van der Waals surface area contributed by atoms with E-state index in [-0.39, 0.29) is 0 Å². The maximum atomic E-state index is 13.0. The van der Waals surface area contributed by atoms with Crippen LogP contribution in [-0.2, 0) is 16.0 Å². The molecule has 1 aliphatic heterocycles. The highest BCUT2D eigenvalue weighted by Gasteiger charge is 2.32. The van der Waals surface area contributed by atoms with Crippen molar-refractivity contribution in [2.45, 2.75) is 18.6 Å². The van der Waals surface area contributed by atoms with E-state index < -0.39 is 24.0 Å². The number of H-pyrrole nitrogens is 1. The zero-order chi connectivity index (χ0) is 21.8. The van der Waals surface area contributed by atoms with Crippen molar-refractivity contribution in [3.8, 4) is 0 Å². The van der Waals surface area contributed by atoms with Crippen molar-refractivity contribution < 1.29 is 19.4 Å². The van der Waals surface area contributed by atoms with E-state index in [0.717, 1.165) is 10.9 Å². The lowest BCUT2D eigenvalue weighted by molar-refractivity contribution is -0.145. The second kappa shape index (κ2) is 9.47. The summed E-state index contributed by atoms with van der Waals surface area (Å²) in [5, 5.41) is 14.8. The summed E-state index contributed by atoms with van der Waals surface area (Å²) in [5.74, 6) is -0.848. The van der Waals surface area contributed by atoms with E-state index in [1.807, 2.05) is 30.3 Å². The molecule has 0 unspecified atom stereocenters. The van der Waals surface area contributed by atoms with Gasteiger partial charge < -0.3 is 25.0 Å². The Bertz CT molecular complexity index is 1070. The van der Waals surface area contributed by atoms with Gasteiger partial charge in [-0.25, -0.2) is 4.98 Å². The van der Waals surface area contributed by atoms with Gasteiger partial charge in [0.1, 0.15) is 10.8 Å². The van der Waals surface area contributed by atoms with Crippen LogP contribution in [-0.4, -0.2) is 70.2 Å². The van der Waals surface area contributed by atoms with Gasteiger partial charge in [0.2, 0.25) is 0 Å². The second-order valence-electron chi connectivity index (χ2n) is 7.43. The molecular formula is C22H23ClN4O4. The highest BCUT2D eigenvalue weighted by Crippen LogP contribution is 2.18. The molecule has 3 N–H and O–H groups in total. The molecule has 4 rings (SSSR count). The number of carbonyl (C=O) groups is 2. The number of hydrogen-bond donors (Lipinski definition) is 3. The molecule has 1 saturated heterocycles. The van der Waals surface area contributed by atoms with Gasteiger partial charge in [-0.3, -0.25) is 9.59 Å². The first-order chi connectivity index (χ1) is 15.0. The number of aromatic nitrogens is 2. The first-order valence-electron chi connectivity index (χ1n) is 10.0. The molecule has 3 heterocycles. The van der Waals surface area contributed by atoms with Crippen LogP contribution in [0.1, 0.15) is 16.1 Å². The minimum atomic E-state index is -1.39. The van der Waals surface area contributed by atoms with Crippen LogP contribution in [0.25, 0.3) is 10.9 Å². The summed E-state index contributed by atoms with van der Waals surface area (Å²) < 4.78 is 5.28. The van der Waals surface area contributed by atoms with Gasteiger partial charge in [0.15, 0.2) is 6.10 Å². The van der Waals surface area contributed by atoms with Crippen LogP contribution in [0.3, 0.4) is 0 Å². The number of morpholine rings is 1. The molecule has 2 aromatic heterocycles. The summed E-state index contributed by atoms with van der Waals surface area (Å²) in [7, 11) is 0. The van der Waals surface area contributed by atoms with Gasteiger partial charge in [-0.1, -0.05) is 41.9 Å². The monoisotopic (exact) mass is 442 g/mol. The van der Waals surface area contributed by atoms with E-state index in [1.165, 1.54) is 0 Å². The van der Waals surface area contributed by atoms with Crippen LogP contribution in [0.4, 0.5) is 0 Å². The molecule has 0 bridgehead atoms. The highest BCUT2D eigenvalue weighted by atomic mass is 35.5. The third-order valence-corrected chi connectivity index (χ3v) is 5.49. The third kappa shape index (κ3) is 5.04. The Morgan fingerprint density at radius 2 is 1.97 bits per heavy atom. The van der Waals surface area contributed by atoms with Gasteiger partial charge >= 0.3 is 0 Å². The van der Waals surface area contributed by atoms with E-state index in [9.17, 15) is 14.7 Å². The molecule has 2 amide bonds. The lowest BCUT2D eigenvalue weighted by Crippen LogP contribution is -2.54. The first kappa shape index (κ1) is 21.3. The smallest absolute Gasteiger partial charge is 0.268 e. The molecule has 0 aliphatic carbocycles. The first-order valence-corrected chi connectivity index (χ1v) is 10.4. The summed E-state index contributed by atoms with van der Waals surface area (Å²) in [6, 6.07) is 11.9. The lowest BCUT2D eigenvalue weighted by Gasteiger charge is -2.31. The minimum Gasteiger partial charge on any atom is -0.381 e. The Labute approximate surface area is 184 Å². The van der Waals surface area contributed by atoms with Crippen LogP contribution >= 0.6 is 11.6 Å². The molecule has 0 radical (unpaired) electrons. The zero-order valence-corrected chi connectivity index (χ0v) is 17.5. The minimum absolute atomic E-state index is 0.295. The van der Waals surface area contributed by atoms with Gasteiger partial charge in [0.05, 0.1) is 31.0 Å². The molecule has 3 aromatic rings. The highest BCUT2D eigenvalue weighted by molar-refractivity contribution is 6.30. The molecule has 2 atom stereocenters. The molecule has 0 saturated carbocycles. The number of aliphatic hydroxyl groups excluding tert-OH is 1. The Morgan fingerprint density at radius 3 is 2.71 bits per heavy atom. The molecule has 1 aliphatic rings. The lowest BCUT2D eigenvalue weighted by atomic mass is 10.00. The summed E-state index contributed by atoms with van der Waals surface area (Å²) in [4.78, 5) is 34.4. The fourth-order valence-corrected chi connectivity index (χ4v) is 3.79. The van der Waals surface area contributed by atoms with Crippen molar-refractivity contribution in [2.24, 2.45) is 0 Å². The third-order valence-electron chi connectivity index (χ3n) is 5.29. The van der Waals surface area contributed by atoms with Crippen molar-refractivity contribution in [3.63, 3.8) is 0 Å². The van der Waals surface area contributed by atoms with Crippen LogP contribution in [0.15, 0.2) is 48.7 Å². The van der Waals surface area contributed by atoms with E-state index in [2.05, 4.69) is 15.3 Å². The molecule has 162 valence electrons. The number of carbonyl (C=O) groups excluding carboxylic acids is 2. The molecule has 9 heteroatoms. The van der Waals surface area contributed by atoms with Crippen molar-refractivity contribution in [3.05, 3.63) is 65.1 Å². The summed E-state index contributed by atoms with van der Waals surface area (Å²) >= 11 is 5.92. The number of hydrogen-bond acceptors (Lipinski definition) is 5. The van der Waals surface area contributed by atoms with Crippen LogP contribution in [0.5, 0.6) is 0 Å². The predicted molar refractivity (Wildman–Crippen MR) is 116 cm³/mol. The number of pyridine rings is 1. The normalized spacial score (nSPS) is 16.1. The van der Waals surface area contributed by atoms with E-state index >= 15 is 0 Å². The largest absolute Gasteiger partial charge is 0.381 e. The number of benzene rings is 1. The number of ether oxygens (including phenoxy) is 1. The van der Waals surface area contributed by atoms with E-state index in [4.69, 9.17) is 16.3 Å². The van der Waals surface area contributed by atoms with E-state index in [1.54, 1.807) is 23.2 Å². The average Bonchev–Trinajstić information content (AvgIpc) is 3.22. The maximum absolute atomic E-state index is 13.0. The molecule has 31 heavy (non-hydrogen) atoms. The SMILES string of the molecule is O=C(N[C@@H](Cc1ccccc1)[C@@H](O)C(=O)N1CCOCC1)c1cc2cc(Cl)ncc2[nH]1. The second-order valence-corrected chi connectivity index (χ2v) is 7.82. The van der Waals surface area contributed by atoms with Crippen LogP contribution < -0.4 is 5.32 Å². The Kier molecular flexibility index (Phi) is 6.50. The number of halogens is 1. The average molecular weight is 443 g/mol. The quantitative estimate of drug-likeness (QED) is 0.504. The van der Waals surface area contributed by atoms with Crippen LogP contribution in [0.2, 0.25) is 5.15 Å². The number of fused-ring (bicyclic) bond motifs is 1. The molecular weight excluding hydrogens is 420 g/mol. The van der Waals surface area contributed by atoms with Gasteiger partial charge in [-0.05, 0) is 24.1 Å². The Balaban J connectivity index is 1.55. The molecule has 8 nitrogen and oxygen atoms in total. The van der Waals surface area contributed by atoms with Gasteiger partial charge in [-0.2, -0.15) is 0 Å². The summed E-state index contributed by atoms with van der Waals surface area (Å²) in [6.45, 7) is 1.69. The summed E-state index contributed by atoms with van der Waals surface area (Å²) in [6.07, 6.45) is 0.465. The van der Waals surface area contributed by atoms with Gasteiger partial charge in [-0.15, -0.1) is 0 Å². The standard InChI is InChI=1S/C22H23ClN4O4/c23-19-12-15-11-17(25-18(15)13-24-19)21(29)26-16(10-14-4-2-1-3-5-14)20(28)22(30)27-6-8-31-9-7-27/h1-5,11-13,16,20,25,28H,6-10H2,(H,26,29)/t16-,20+/m0/s1. The Morgan fingerprint density at radius 1 is 1.23 bits per heavy atom. The Hall–Kier alpha value is -2.94. The molecule has 1 fully saturated rings. The van der Waals surface area contributed by atoms with Gasteiger partial charge in [0.25, 0.3) is 11.8 Å². The van der Waals surface area contributed by atoms with Gasteiger partial charge in [0, 0.05) is 18.5 Å². The van der Waals surface area contributed by atoms with Crippen molar-refractivity contribution in [2.75, 3.05) is 26.3 Å². The fraction of sp³-hybridized carbons (Fsp3) is 0.318. The number of aromatic amines is 1. The van der Waals surface area contributed by atoms with Crippen molar-refractivity contribution >= 4 is 34.3 Å². The molecule has 1 aromatic carbocycles. The zero-order valence-electron chi connectivity index (χ0n) is 16.8. The summed E-state index contributed by atoms with van der Waals surface area (Å²) in [5.41, 5.74) is 1.86. The predicted octanol–water partition coefficient (Wildman–Crippen LogP) is 1.78. The number of rotatable bonds is 6. The van der Waals surface area contributed by atoms with E-state index in [0.29, 0.717) is 49.1 Å². The number of nitrogens with one attached hydrogen (secondary N) is 2. The number of amides is 2. The number of nitrogens with zero attached hydrogens (tertiary/aromatic N) is 2. The van der Waals surface area contributed by atoms with Crippen molar-refractivity contribution in [1.29, 1.82) is 0 Å². The van der Waals surface area contributed by atoms with Crippen LogP contribution in [0, 0.1) is 0 Å². The number of aliphatic hydroxyl groups is 1. The van der Waals surface area contributed by atoms with Crippen molar-refractivity contribution in [1.82, 2.24) is 20.2 Å². The maximum Gasteiger partial charge on any atom is 0.268 e. The fourth-order valence-electron chi connectivity index (χ4n) is 3.63. The topological polar surface area (TPSA) is 108 Å². The molecule has 0 spiro atoms.